The van der Waals surface area contributed by atoms with Gasteiger partial charge in [0.25, 0.3) is 5.56 Å². The predicted octanol–water partition coefficient (Wildman–Crippen LogP) is 4.60. The van der Waals surface area contributed by atoms with E-state index in [1.54, 1.807) is 0 Å². The lowest BCUT2D eigenvalue weighted by Gasteiger charge is -2.26. The van der Waals surface area contributed by atoms with Crippen molar-refractivity contribution in [3.05, 3.63) is 88.6 Å². The van der Waals surface area contributed by atoms with Gasteiger partial charge in [0, 0.05) is 15.6 Å². The van der Waals surface area contributed by atoms with Crippen molar-refractivity contribution >= 4 is 34.8 Å². The standard InChI is InChI=1S/C20H9Cl3F3N5O2/c1-19(8-28,9-2-3-12(21)11(4-9)20(24,25)26)16-13(22)5-10(6-14(16)23)31-18(33)29-17(32)15(7-27)30-31/h2-6H,1H3,(H,29,32,33). The number of nitrogens with one attached hydrogen (secondary N) is 1. The van der Waals surface area contributed by atoms with Gasteiger partial charge in [0.1, 0.15) is 11.5 Å². The third-order valence-corrected chi connectivity index (χ3v) is 5.70. The van der Waals surface area contributed by atoms with Crippen LogP contribution >= 0.6 is 34.8 Å². The van der Waals surface area contributed by atoms with Crippen molar-refractivity contribution in [1.82, 2.24) is 14.8 Å². The van der Waals surface area contributed by atoms with Crippen molar-refractivity contribution in [3.8, 4) is 17.8 Å². The lowest BCUT2D eigenvalue weighted by atomic mass is 9.77. The highest BCUT2D eigenvalue weighted by molar-refractivity contribution is 6.36. The van der Waals surface area contributed by atoms with Crippen LogP contribution in [0, 0.1) is 22.7 Å². The molecule has 1 atom stereocenters. The number of nitriles is 2. The zero-order chi connectivity index (χ0) is 24.7. The van der Waals surface area contributed by atoms with Crippen LogP contribution in [0.2, 0.25) is 15.1 Å². The molecule has 0 radical (unpaired) electrons. The summed E-state index contributed by atoms with van der Waals surface area (Å²) in [6.07, 6.45) is -4.77. The van der Waals surface area contributed by atoms with Gasteiger partial charge in [-0.1, -0.05) is 40.9 Å². The fourth-order valence-corrected chi connectivity index (χ4v) is 4.20. The molecule has 3 aromatic rings. The Hall–Kier alpha value is -3.31. The van der Waals surface area contributed by atoms with Gasteiger partial charge in [-0.15, -0.1) is 5.10 Å². The quantitative estimate of drug-likeness (QED) is 0.548. The van der Waals surface area contributed by atoms with Gasteiger partial charge >= 0.3 is 11.9 Å². The molecule has 0 fully saturated rings. The number of aromatic amines is 1. The number of rotatable bonds is 3. The first-order valence-corrected chi connectivity index (χ1v) is 9.89. The summed E-state index contributed by atoms with van der Waals surface area (Å²) >= 11 is 18.4. The SMILES string of the molecule is CC(C#N)(c1ccc(Cl)c(C(F)(F)F)c1)c1c(Cl)cc(-n2nc(C#N)c(=O)[nH]c2=O)cc1Cl. The first kappa shape index (κ1) is 24.3. The fourth-order valence-electron chi connectivity index (χ4n) is 3.13. The summed E-state index contributed by atoms with van der Waals surface area (Å²) in [4.78, 5) is 25.6. The highest BCUT2D eigenvalue weighted by Crippen LogP contribution is 2.44. The number of nitrogens with zero attached hydrogens (tertiary/aromatic N) is 4. The topological polar surface area (TPSA) is 115 Å². The molecule has 1 aromatic heterocycles. The molecule has 0 amide bonds. The molecule has 1 N–H and O–H groups in total. The van der Waals surface area contributed by atoms with E-state index in [9.17, 15) is 28.0 Å². The van der Waals surface area contributed by atoms with E-state index in [-0.39, 0.29) is 26.9 Å². The summed E-state index contributed by atoms with van der Waals surface area (Å²) in [6.45, 7) is 1.32. The van der Waals surface area contributed by atoms with Crippen LogP contribution in [0.25, 0.3) is 5.69 Å². The molecule has 0 spiro atoms. The molecule has 1 heterocycles. The van der Waals surface area contributed by atoms with E-state index < -0.39 is 39.1 Å². The molecule has 0 aliphatic rings. The molecule has 0 saturated heterocycles. The highest BCUT2D eigenvalue weighted by atomic mass is 35.5. The van der Waals surface area contributed by atoms with Crippen LogP contribution < -0.4 is 11.2 Å². The van der Waals surface area contributed by atoms with Crippen molar-refractivity contribution < 1.29 is 13.2 Å². The van der Waals surface area contributed by atoms with Crippen molar-refractivity contribution in [1.29, 1.82) is 10.5 Å². The molecule has 7 nitrogen and oxygen atoms in total. The lowest BCUT2D eigenvalue weighted by Crippen LogP contribution is -2.33. The van der Waals surface area contributed by atoms with Gasteiger partial charge in [0.05, 0.1) is 22.3 Å². The van der Waals surface area contributed by atoms with E-state index in [0.717, 1.165) is 12.1 Å². The maximum Gasteiger partial charge on any atom is 0.417 e. The van der Waals surface area contributed by atoms with Gasteiger partial charge in [-0.3, -0.25) is 9.78 Å². The van der Waals surface area contributed by atoms with Crippen LogP contribution in [-0.2, 0) is 11.6 Å². The number of hydrogen-bond acceptors (Lipinski definition) is 5. The van der Waals surface area contributed by atoms with E-state index in [1.807, 2.05) is 11.1 Å². The molecule has 3 rings (SSSR count). The van der Waals surface area contributed by atoms with Crippen LogP contribution in [0.5, 0.6) is 0 Å². The molecule has 1 unspecified atom stereocenters. The fraction of sp³-hybridized carbons (Fsp3) is 0.150. The Morgan fingerprint density at radius 1 is 1.03 bits per heavy atom. The van der Waals surface area contributed by atoms with E-state index in [0.29, 0.717) is 4.68 Å². The third-order valence-electron chi connectivity index (χ3n) is 4.78. The molecule has 0 aliphatic carbocycles. The molecule has 0 bridgehead atoms. The molecular weight excluding hydrogens is 506 g/mol. The zero-order valence-electron chi connectivity index (χ0n) is 16.3. The van der Waals surface area contributed by atoms with Crippen LogP contribution in [0.1, 0.15) is 29.3 Å². The maximum atomic E-state index is 13.3. The van der Waals surface area contributed by atoms with Crippen LogP contribution in [0.15, 0.2) is 39.9 Å². The summed E-state index contributed by atoms with van der Waals surface area (Å²) in [5.41, 5.74) is -5.65. The van der Waals surface area contributed by atoms with Crippen molar-refractivity contribution in [2.45, 2.75) is 18.5 Å². The average molecular weight is 515 g/mol. The normalized spacial score (nSPS) is 13.1. The van der Waals surface area contributed by atoms with Crippen LogP contribution in [0.4, 0.5) is 13.2 Å². The highest BCUT2D eigenvalue weighted by Gasteiger charge is 2.38. The van der Waals surface area contributed by atoms with Crippen molar-refractivity contribution in [2.24, 2.45) is 0 Å². The smallest absolute Gasteiger partial charge is 0.270 e. The minimum Gasteiger partial charge on any atom is -0.270 e. The molecule has 168 valence electrons. The number of benzene rings is 2. The molecule has 13 heteroatoms. The summed E-state index contributed by atoms with van der Waals surface area (Å²) in [5.74, 6) is 0. The lowest BCUT2D eigenvalue weighted by molar-refractivity contribution is -0.137. The third kappa shape index (κ3) is 4.33. The summed E-state index contributed by atoms with van der Waals surface area (Å²) in [5, 5.41) is 21.6. The van der Waals surface area contributed by atoms with E-state index in [4.69, 9.17) is 40.1 Å². The van der Waals surface area contributed by atoms with Gasteiger partial charge in [-0.2, -0.15) is 28.4 Å². The second-order valence-electron chi connectivity index (χ2n) is 6.85. The first-order valence-electron chi connectivity index (χ1n) is 8.75. The predicted molar refractivity (Wildman–Crippen MR) is 114 cm³/mol. The molecule has 2 aromatic carbocycles. The first-order chi connectivity index (χ1) is 15.3. The number of aromatic nitrogens is 3. The minimum atomic E-state index is -4.77. The largest absolute Gasteiger partial charge is 0.417 e. The number of H-pyrrole nitrogens is 1. The summed E-state index contributed by atoms with van der Waals surface area (Å²) in [7, 11) is 0. The summed E-state index contributed by atoms with van der Waals surface area (Å²) in [6, 6.07) is 8.80. The van der Waals surface area contributed by atoms with Gasteiger partial charge in [0.2, 0.25) is 5.69 Å². The average Bonchev–Trinajstić information content (AvgIpc) is 2.72. The van der Waals surface area contributed by atoms with E-state index in [2.05, 4.69) is 5.10 Å². The van der Waals surface area contributed by atoms with E-state index >= 15 is 0 Å². The zero-order valence-corrected chi connectivity index (χ0v) is 18.5. The second kappa shape index (κ2) is 8.56. The Bertz CT molecular complexity index is 1460. The second-order valence-corrected chi connectivity index (χ2v) is 8.07. The van der Waals surface area contributed by atoms with Gasteiger partial charge in [-0.05, 0) is 36.8 Å². The van der Waals surface area contributed by atoms with E-state index in [1.165, 1.54) is 31.2 Å². The maximum absolute atomic E-state index is 13.3. The Morgan fingerprint density at radius 3 is 2.15 bits per heavy atom. The Balaban J connectivity index is 2.25. The Labute approximate surface area is 198 Å². The van der Waals surface area contributed by atoms with Crippen LogP contribution in [0.3, 0.4) is 0 Å². The van der Waals surface area contributed by atoms with Gasteiger partial charge < -0.3 is 0 Å². The number of hydrogen-bond donors (Lipinski definition) is 1. The van der Waals surface area contributed by atoms with Gasteiger partial charge in [0.15, 0.2) is 0 Å². The summed E-state index contributed by atoms with van der Waals surface area (Å²) < 4.78 is 40.7. The Morgan fingerprint density at radius 2 is 1.64 bits per heavy atom. The molecule has 0 aliphatic heterocycles. The molecule has 33 heavy (non-hydrogen) atoms. The van der Waals surface area contributed by atoms with Crippen LogP contribution in [-0.4, -0.2) is 14.8 Å². The minimum absolute atomic E-state index is 0.0366. The molecule has 0 saturated carbocycles. The van der Waals surface area contributed by atoms with Gasteiger partial charge in [-0.25, -0.2) is 4.79 Å². The van der Waals surface area contributed by atoms with Crippen molar-refractivity contribution in [3.63, 3.8) is 0 Å². The number of halogens is 6. The molecular formula is C20H9Cl3F3N5O2. The van der Waals surface area contributed by atoms with Crippen molar-refractivity contribution in [2.75, 3.05) is 0 Å². The monoisotopic (exact) mass is 513 g/mol. The number of alkyl halides is 3. The Kier molecular flexibility index (Phi) is 6.31.